The summed E-state index contributed by atoms with van der Waals surface area (Å²) in [6, 6.07) is 9.75. The van der Waals surface area contributed by atoms with Gasteiger partial charge in [-0.2, -0.15) is 0 Å². The van der Waals surface area contributed by atoms with Crippen LogP contribution in [0.25, 0.3) is 0 Å². The molecular formula is C20H32N2. The van der Waals surface area contributed by atoms with Crippen LogP contribution in [0.15, 0.2) is 24.3 Å². The van der Waals surface area contributed by atoms with Gasteiger partial charge in [0, 0.05) is 11.5 Å². The number of nitrogens with one attached hydrogen (secondary N) is 2. The fraction of sp³-hybridized carbons (Fsp3) is 0.700. The monoisotopic (exact) mass is 300 g/mol. The molecule has 0 amide bonds. The highest BCUT2D eigenvalue weighted by Gasteiger charge is 2.54. The third-order valence-electron chi connectivity index (χ3n) is 5.84. The van der Waals surface area contributed by atoms with E-state index < -0.39 is 0 Å². The lowest BCUT2D eigenvalue weighted by Gasteiger charge is -2.25. The number of unbranched alkanes of at least 4 members (excludes halogenated alkanes) is 1. The van der Waals surface area contributed by atoms with Gasteiger partial charge in [0.15, 0.2) is 0 Å². The lowest BCUT2D eigenvalue weighted by Crippen LogP contribution is -2.36. The van der Waals surface area contributed by atoms with E-state index in [1.54, 1.807) is 5.56 Å². The van der Waals surface area contributed by atoms with Gasteiger partial charge in [0.2, 0.25) is 0 Å². The zero-order chi connectivity index (χ0) is 15.4. The molecule has 0 spiro atoms. The molecule has 1 aliphatic heterocycles. The normalized spacial score (nSPS) is 28.7. The van der Waals surface area contributed by atoms with Crippen molar-refractivity contribution in [3.63, 3.8) is 0 Å². The predicted molar refractivity (Wildman–Crippen MR) is 94.4 cm³/mol. The van der Waals surface area contributed by atoms with E-state index in [4.69, 9.17) is 0 Å². The predicted octanol–water partition coefficient (Wildman–Crippen LogP) is 3.78. The molecule has 1 aromatic rings. The Labute approximate surface area is 136 Å². The largest absolute Gasteiger partial charge is 0.317 e. The number of piperidine rings is 1. The molecule has 2 fully saturated rings. The van der Waals surface area contributed by atoms with Gasteiger partial charge in [0.1, 0.15) is 0 Å². The van der Waals surface area contributed by atoms with Gasteiger partial charge in [-0.15, -0.1) is 0 Å². The highest BCUT2D eigenvalue weighted by molar-refractivity contribution is 5.41. The molecule has 2 heteroatoms. The minimum Gasteiger partial charge on any atom is -0.317 e. The topological polar surface area (TPSA) is 24.1 Å². The van der Waals surface area contributed by atoms with Gasteiger partial charge in [-0.3, -0.25) is 0 Å². The van der Waals surface area contributed by atoms with Crippen molar-refractivity contribution >= 4 is 0 Å². The smallest absolute Gasteiger partial charge is 0.0174 e. The number of hydrogen-bond donors (Lipinski definition) is 2. The second-order valence-corrected chi connectivity index (χ2v) is 7.43. The first-order chi connectivity index (χ1) is 10.8. The molecule has 1 heterocycles. The van der Waals surface area contributed by atoms with E-state index in [9.17, 15) is 0 Å². The second-order valence-electron chi connectivity index (χ2n) is 7.43. The lowest BCUT2D eigenvalue weighted by atomic mass is 9.86. The minimum absolute atomic E-state index is 0.425. The van der Waals surface area contributed by atoms with Crippen LogP contribution in [-0.4, -0.2) is 25.7 Å². The van der Waals surface area contributed by atoms with E-state index in [1.165, 1.54) is 63.7 Å². The van der Waals surface area contributed by atoms with Gasteiger partial charge >= 0.3 is 0 Å². The first-order valence-corrected chi connectivity index (χ1v) is 9.26. The van der Waals surface area contributed by atoms with Crippen molar-refractivity contribution in [2.45, 2.75) is 63.8 Å². The van der Waals surface area contributed by atoms with Gasteiger partial charge in [0.25, 0.3) is 0 Å². The number of hydrogen-bond acceptors (Lipinski definition) is 2. The third kappa shape index (κ3) is 3.38. The Morgan fingerprint density at radius 3 is 2.73 bits per heavy atom. The zero-order valence-electron chi connectivity index (χ0n) is 14.3. The minimum atomic E-state index is 0.425. The van der Waals surface area contributed by atoms with Crippen LogP contribution < -0.4 is 10.6 Å². The molecule has 2 unspecified atom stereocenters. The molecular weight excluding hydrogens is 268 g/mol. The Balaban J connectivity index is 1.64. The first-order valence-electron chi connectivity index (χ1n) is 9.26. The van der Waals surface area contributed by atoms with Crippen molar-refractivity contribution in [1.82, 2.24) is 10.6 Å². The number of rotatable bonds is 7. The first kappa shape index (κ1) is 16.0. The van der Waals surface area contributed by atoms with Gasteiger partial charge in [-0.25, -0.2) is 0 Å². The fourth-order valence-electron chi connectivity index (χ4n) is 4.30. The summed E-state index contributed by atoms with van der Waals surface area (Å²) in [6.45, 7) is 8.22. The Kier molecular flexibility index (Phi) is 5.20. The maximum atomic E-state index is 3.92. The van der Waals surface area contributed by atoms with Crippen molar-refractivity contribution in [3.8, 4) is 0 Å². The van der Waals surface area contributed by atoms with Crippen LogP contribution in [-0.2, 0) is 5.41 Å². The van der Waals surface area contributed by atoms with E-state index in [-0.39, 0.29) is 0 Å². The van der Waals surface area contributed by atoms with E-state index in [1.807, 2.05) is 0 Å². The summed E-state index contributed by atoms with van der Waals surface area (Å²) < 4.78 is 0. The van der Waals surface area contributed by atoms with Crippen LogP contribution in [0.5, 0.6) is 0 Å². The molecule has 122 valence electrons. The molecule has 0 radical (unpaired) electrons. The average molecular weight is 300 g/mol. The Hall–Kier alpha value is -0.860. The van der Waals surface area contributed by atoms with Crippen LogP contribution >= 0.6 is 0 Å². The number of benzene rings is 1. The zero-order valence-corrected chi connectivity index (χ0v) is 14.3. The molecule has 1 saturated heterocycles. The van der Waals surface area contributed by atoms with Crippen molar-refractivity contribution < 1.29 is 0 Å². The summed E-state index contributed by atoms with van der Waals surface area (Å²) in [5.74, 6) is 0.877. The fourth-order valence-corrected chi connectivity index (χ4v) is 4.30. The van der Waals surface area contributed by atoms with E-state index in [0.29, 0.717) is 11.5 Å². The molecule has 0 bridgehead atoms. The number of aryl methyl sites for hydroxylation is 1. The Bertz CT molecular complexity index is 478. The average Bonchev–Trinajstić information content (AvgIpc) is 3.27. The van der Waals surface area contributed by atoms with Crippen LogP contribution in [0.4, 0.5) is 0 Å². The SMILES string of the molecule is CCCCC1(c2ccccc2C)CC1NCC1CCNCC1. The molecule has 3 rings (SSSR count). The Morgan fingerprint density at radius 1 is 1.23 bits per heavy atom. The van der Waals surface area contributed by atoms with Crippen LogP contribution in [0.2, 0.25) is 0 Å². The highest BCUT2D eigenvalue weighted by Crippen LogP contribution is 2.53. The summed E-state index contributed by atoms with van der Waals surface area (Å²) in [5.41, 5.74) is 3.50. The van der Waals surface area contributed by atoms with Crippen LogP contribution in [0, 0.1) is 12.8 Å². The van der Waals surface area contributed by atoms with Crippen LogP contribution in [0.1, 0.15) is 56.6 Å². The Morgan fingerprint density at radius 2 is 2.00 bits per heavy atom. The van der Waals surface area contributed by atoms with Gasteiger partial charge in [-0.05, 0) is 69.3 Å². The van der Waals surface area contributed by atoms with Crippen molar-refractivity contribution in [1.29, 1.82) is 0 Å². The molecule has 2 N–H and O–H groups in total. The van der Waals surface area contributed by atoms with Gasteiger partial charge in [-0.1, -0.05) is 44.0 Å². The maximum Gasteiger partial charge on any atom is 0.0174 e. The summed E-state index contributed by atoms with van der Waals surface area (Å²) >= 11 is 0. The van der Waals surface area contributed by atoms with E-state index in [0.717, 1.165) is 5.92 Å². The van der Waals surface area contributed by atoms with Crippen molar-refractivity contribution in [2.24, 2.45) is 5.92 Å². The molecule has 22 heavy (non-hydrogen) atoms. The van der Waals surface area contributed by atoms with E-state index >= 15 is 0 Å². The molecule has 1 saturated carbocycles. The lowest BCUT2D eigenvalue weighted by molar-refractivity contribution is 0.350. The summed E-state index contributed by atoms with van der Waals surface area (Å²) in [4.78, 5) is 0. The summed E-state index contributed by atoms with van der Waals surface area (Å²) in [7, 11) is 0. The van der Waals surface area contributed by atoms with Crippen molar-refractivity contribution in [3.05, 3.63) is 35.4 Å². The van der Waals surface area contributed by atoms with Gasteiger partial charge in [0.05, 0.1) is 0 Å². The molecule has 2 aliphatic rings. The summed E-state index contributed by atoms with van der Waals surface area (Å²) in [6.07, 6.45) is 8.01. The summed E-state index contributed by atoms with van der Waals surface area (Å²) in [5, 5.41) is 7.39. The second kappa shape index (κ2) is 7.14. The molecule has 1 aromatic carbocycles. The van der Waals surface area contributed by atoms with Gasteiger partial charge < -0.3 is 10.6 Å². The third-order valence-corrected chi connectivity index (χ3v) is 5.84. The molecule has 1 aliphatic carbocycles. The van der Waals surface area contributed by atoms with Crippen LogP contribution in [0.3, 0.4) is 0 Å². The van der Waals surface area contributed by atoms with E-state index in [2.05, 4.69) is 48.7 Å². The van der Waals surface area contributed by atoms with Crippen molar-refractivity contribution in [2.75, 3.05) is 19.6 Å². The molecule has 2 atom stereocenters. The quantitative estimate of drug-likeness (QED) is 0.800. The highest BCUT2D eigenvalue weighted by atomic mass is 15.0. The molecule has 0 aromatic heterocycles. The maximum absolute atomic E-state index is 3.92. The standard InChI is InChI=1S/C20H32N2/c1-3-4-11-20(18-8-6-5-7-16(18)2)14-19(20)22-15-17-9-12-21-13-10-17/h5-8,17,19,21-22H,3-4,9-15H2,1-2H3. The molecule has 2 nitrogen and oxygen atoms in total.